The molecule has 2 rings (SSSR count). The van der Waals surface area contributed by atoms with Gasteiger partial charge in [0.1, 0.15) is 6.33 Å². The molecule has 0 saturated heterocycles. The van der Waals surface area contributed by atoms with E-state index < -0.39 is 0 Å². The molecular formula is C13H18BrN5. The summed E-state index contributed by atoms with van der Waals surface area (Å²) in [6.07, 6.45) is 5.35. The molecule has 6 heteroatoms. The van der Waals surface area contributed by atoms with Crippen LogP contribution in [0.25, 0.3) is 0 Å². The van der Waals surface area contributed by atoms with Gasteiger partial charge in [0, 0.05) is 22.4 Å². The monoisotopic (exact) mass is 323 g/mol. The van der Waals surface area contributed by atoms with Gasteiger partial charge in [-0.3, -0.25) is 4.98 Å². The van der Waals surface area contributed by atoms with Crippen LogP contribution < -0.4 is 5.32 Å². The number of hydrogen-bond donors (Lipinski definition) is 1. The summed E-state index contributed by atoms with van der Waals surface area (Å²) in [4.78, 5) is 8.43. The first-order valence-electron chi connectivity index (χ1n) is 6.15. The van der Waals surface area contributed by atoms with Crippen LogP contribution >= 0.6 is 15.9 Å². The van der Waals surface area contributed by atoms with E-state index in [4.69, 9.17) is 0 Å². The molecule has 19 heavy (non-hydrogen) atoms. The average molecular weight is 324 g/mol. The van der Waals surface area contributed by atoms with Crippen LogP contribution in [-0.4, -0.2) is 25.3 Å². The smallest absolute Gasteiger partial charge is 0.164 e. The lowest BCUT2D eigenvalue weighted by molar-refractivity contribution is 0.417. The van der Waals surface area contributed by atoms with E-state index in [1.807, 2.05) is 16.9 Å². The van der Waals surface area contributed by atoms with Crippen molar-refractivity contribution in [2.75, 3.05) is 0 Å². The average Bonchev–Trinajstić information content (AvgIpc) is 2.73. The molecule has 0 spiro atoms. The van der Waals surface area contributed by atoms with Gasteiger partial charge in [-0.2, -0.15) is 5.10 Å². The lowest BCUT2D eigenvalue weighted by Gasteiger charge is -2.19. The maximum absolute atomic E-state index is 4.44. The molecule has 102 valence electrons. The van der Waals surface area contributed by atoms with E-state index >= 15 is 0 Å². The van der Waals surface area contributed by atoms with E-state index in [0.29, 0.717) is 13.1 Å². The number of halogens is 1. The van der Waals surface area contributed by atoms with Gasteiger partial charge >= 0.3 is 0 Å². The Morgan fingerprint density at radius 2 is 2.11 bits per heavy atom. The summed E-state index contributed by atoms with van der Waals surface area (Å²) in [6, 6.07) is 2.03. The van der Waals surface area contributed by atoms with Crippen molar-refractivity contribution in [3.63, 3.8) is 0 Å². The quantitative estimate of drug-likeness (QED) is 0.938. The predicted octanol–water partition coefficient (Wildman–Crippen LogP) is 2.37. The van der Waals surface area contributed by atoms with Crippen LogP contribution in [0.3, 0.4) is 0 Å². The highest BCUT2D eigenvalue weighted by Gasteiger charge is 2.10. The molecule has 0 unspecified atom stereocenters. The Morgan fingerprint density at radius 1 is 1.32 bits per heavy atom. The highest BCUT2D eigenvalue weighted by atomic mass is 79.9. The van der Waals surface area contributed by atoms with Crippen LogP contribution in [0.2, 0.25) is 0 Å². The molecule has 2 aromatic heterocycles. The van der Waals surface area contributed by atoms with Gasteiger partial charge in [-0.1, -0.05) is 0 Å². The Balaban J connectivity index is 1.97. The predicted molar refractivity (Wildman–Crippen MR) is 77.7 cm³/mol. The number of nitrogens with zero attached hydrogens (tertiary/aromatic N) is 4. The Labute approximate surface area is 121 Å². The molecule has 0 aliphatic rings. The molecule has 0 radical (unpaired) electrons. The largest absolute Gasteiger partial charge is 0.305 e. The fraction of sp³-hybridized carbons (Fsp3) is 0.462. The molecule has 2 aromatic rings. The van der Waals surface area contributed by atoms with E-state index in [1.165, 1.54) is 0 Å². The number of nitrogens with one attached hydrogen (secondary N) is 1. The standard InChI is InChI=1S/C13H18BrN5/c1-13(2,3)17-7-12-16-9-19(18-12)8-10-4-11(14)6-15-5-10/h4-6,9,17H,7-8H2,1-3H3. The summed E-state index contributed by atoms with van der Waals surface area (Å²) in [5.41, 5.74) is 1.16. The van der Waals surface area contributed by atoms with Crippen molar-refractivity contribution < 1.29 is 0 Å². The minimum atomic E-state index is 0.0691. The van der Waals surface area contributed by atoms with Crippen LogP contribution in [-0.2, 0) is 13.1 Å². The third-order valence-corrected chi connectivity index (χ3v) is 2.90. The summed E-state index contributed by atoms with van der Waals surface area (Å²) >= 11 is 3.41. The zero-order valence-corrected chi connectivity index (χ0v) is 13.0. The second kappa shape index (κ2) is 5.79. The van der Waals surface area contributed by atoms with E-state index in [-0.39, 0.29) is 5.54 Å². The lowest BCUT2D eigenvalue weighted by Crippen LogP contribution is -2.35. The highest BCUT2D eigenvalue weighted by molar-refractivity contribution is 9.10. The summed E-state index contributed by atoms with van der Waals surface area (Å²) in [5.74, 6) is 0.804. The van der Waals surface area contributed by atoms with Gasteiger partial charge in [0.2, 0.25) is 0 Å². The summed E-state index contributed by atoms with van der Waals surface area (Å²) in [7, 11) is 0. The number of pyridine rings is 1. The number of aromatic nitrogens is 4. The fourth-order valence-corrected chi connectivity index (χ4v) is 1.98. The molecule has 0 bridgehead atoms. The van der Waals surface area contributed by atoms with Crippen LogP contribution in [0.15, 0.2) is 29.3 Å². The van der Waals surface area contributed by atoms with Crippen LogP contribution in [0.5, 0.6) is 0 Å². The first kappa shape index (κ1) is 14.1. The van der Waals surface area contributed by atoms with Gasteiger partial charge in [0.25, 0.3) is 0 Å². The molecule has 0 amide bonds. The van der Waals surface area contributed by atoms with Gasteiger partial charge in [0.05, 0.1) is 13.1 Å². The van der Waals surface area contributed by atoms with Gasteiger partial charge in [0.15, 0.2) is 5.82 Å². The van der Waals surface area contributed by atoms with E-state index in [0.717, 1.165) is 15.9 Å². The number of rotatable bonds is 4. The van der Waals surface area contributed by atoms with Crippen LogP contribution in [0.1, 0.15) is 32.2 Å². The first-order valence-corrected chi connectivity index (χ1v) is 6.94. The first-order chi connectivity index (χ1) is 8.92. The second-order valence-corrected chi connectivity index (χ2v) is 6.39. The summed E-state index contributed by atoms with van der Waals surface area (Å²) < 4.78 is 2.79. The van der Waals surface area contributed by atoms with E-state index in [1.54, 1.807) is 12.5 Å². The molecule has 0 aliphatic heterocycles. The maximum Gasteiger partial charge on any atom is 0.164 e. The molecule has 5 nitrogen and oxygen atoms in total. The normalized spacial score (nSPS) is 11.8. The Bertz CT molecular complexity index is 544. The van der Waals surface area contributed by atoms with Gasteiger partial charge in [-0.05, 0) is 48.3 Å². The van der Waals surface area contributed by atoms with E-state index in [9.17, 15) is 0 Å². The Kier molecular flexibility index (Phi) is 4.31. The third-order valence-electron chi connectivity index (χ3n) is 2.47. The van der Waals surface area contributed by atoms with Crippen molar-refractivity contribution in [3.8, 4) is 0 Å². The molecule has 0 atom stereocenters. The molecule has 0 saturated carbocycles. The van der Waals surface area contributed by atoms with Crippen molar-refractivity contribution in [3.05, 3.63) is 40.6 Å². The Morgan fingerprint density at radius 3 is 2.79 bits per heavy atom. The van der Waals surface area contributed by atoms with Gasteiger partial charge in [-0.25, -0.2) is 9.67 Å². The fourth-order valence-electron chi connectivity index (χ4n) is 1.56. The summed E-state index contributed by atoms with van der Waals surface area (Å²) in [6.45, 7) is 7.72. The minimum Gasteiger partial charge on any atom is -0.305 e. The molecule has 1 N–H and O–H groups in total. The topological polar surface area (TPSA) is 55.6 Å². The van der Waals surface area contributed by atoms with Crippen molar-refractivity contribution in [1.29, 1.82) is 0 Å². The molecule has 0 fully saturated rings. The molecule has 0 aliphatic carbocycles. The lowest BCUT2D eigenvalue weighted by atomic mass is 10.1. The Hall–Kier alpha value is -1.27. The number of hydrogen-bond acceptors (Lipinski definition) is 4. The molecular weight excluding hydrogens is 306 g/mol. The van der Waals surface area contributed by atoms with Crippen molar-refractivity contribution in [2.24, 2.45) is 0 Å². The maximum atomic E-state index is 4.44. The second-order valence-electron chi connectivity index (χ2n) is 5.47. The SMILES string of the molecule is CC(C)(C)NCc1ncn(Cc2cncc(Br)c2)n1. The van der Waals surface area contributed by atoms with E-state index in [2.05, 4.69) is 57.1 Å². The van der Waals surface area contributed by atoms with Crippen LogP contribution in [0, 0.1) is 0 Å². The third kappa shape index (κ3) is 4.72. The zero-order chi connectivity index (χ0) is 13.9. The molecule has 0 aromatic carbocycles. The summed E-state index contributed by atoms with van der Waals surface area (Å²) in [5, 5.41) is 7.80. The van der Waals surface area contributed by atoms with Gasteiger partial charge in [-0.15, -0.1) is 0 Å². The van der Waals surface area contributed by atoms with Gasteiger partial charge < -0.3 is 5.32 Å². The van der Waals surface area contributed by atoms with Crippen molar-refractivity contribution >= 4 is 15.9 Å². The van der Waals surface area contributed by atoms with Crippen molar-refractivity contribution in [1.82, 2.24) is 25.1 Å². The minimum absolute atomic E-state index is 0.0691. The molecule has 2 heterocycles. The zero-order valence-electron chi connectivity index (χ0n) is 11.4. The van der Waals surface area contributed by atoms with Crippen molar-refractivity contribution in [2.45, 2.75) is 39.4 Å². The van der Waals surface area contributed by atoms with Crippen LogP contribution in [0.4, 0.5) is 0 Å². The highest BCUT2D eigenvalue weighted by Crippen LogP contribution is 2.10.